The molecule has 0 spiro atoms. The number of piperidine rings is 1. The number of aryl methyl sites for hydroxylation is 1. The molecule has 2 fully saturated rings. The summed E-state index contributed by atoms with van der Waals surface area (Å²) in [7, 11) is 2.14. The highest BCUT2D eigenvalue weighted by molar-refractivity contribution is 5.92. The smallest absolute Gasteiger partial charge is 0.303 e. The number of carbonyl (C=O) groups excluding carboxylic acids is 1. The minimum atomic E-state index is -0.764. The van der Waals surface area contributed by atoms with E-state index in [4.69, 9.17) is 5.11 Å². The van der Waals surface area contributed by atoms with Crippen LogP contribution in [0.2, 0.25) is 0 Å². The Hall–Kier alpha value is -1.93. The molecule has 2 aliphatic heterocycles. The van der Waals surface area contributed by atoms with Gasteiger partial charge in [-0.15, -0.1) is 0 Å². The fourth-order valence-corrected chi connectivity index (χ4v) is 4.36. The van der Waals surface area contributed by atoms with Gasteiger partial charge in [0.25, 0.3) is 5.91 Å². The van der Waals surface area contributed by atoms with Gasteiger partial charge in [-0.05, 0) is 38.8 Å². The molecule has 1 aromatic heterocycles. The summed E-state index contributed by atoms with van der Waals surface area (Å²) in [6, 6.07) is 2.13. The molecule has 2 atom stereocenters. The van der Waals surface area contributed by atoms with Crippen molar-refractivity contribution < 1.29 is 14.7 Å². The lowest BCUT2D eigenvalue weighted by Crippen LogP contribution is -2.57. The van der Waals surface area contributed by atoms with Crippen LogP contribution in [0.25, 0.3) is 0 Å². The number of carboxylic acid groups (broad SMARTS) is 1. The predicted molar refractivity (Wildman–Crippen MR) is 102 cm³/mol. The topological polar surface area (TPSA) is 81.9 Å². The van der Waals surface area contributed by atoms with Gasteiger partial charge in [-0.25, -0.2) is 0 Å². The lowest BCUT2D eigenvalue weighted by molar-refractivity contribution is -0.137. The zero-order chi connectivity index (χ0) is 19.4. The third kappa shape index (κ3) is 4.68. The van der Waals surface area contributed by atoms with E-state index in [1.54, 1.807) is 16.9 Å². The Morgan fingerprint density at radius 1 is 1.22 bits per heavy atom. The molecule has 3 heterocycles. The molecule has 1 aromatic rings. The summed E-state index contributed by atoms with van der Waals surface area (Å²) in [5, 5.41) is 13.4. The normalized spacial score (nSPS) is 24.9. The second kappa shape index (κ2) is 8.84. The van der Waals surface area contributed by atoms with Crippen LogP contribution in [0.4, 0.5) is 0 Å². The third-order valence-corrected chi connectivity index (χ3v) is 5.95. The van der Waals surface area contributed by atoms with Crippen LogP contribution in [0.5, 0.6) is 0 Å². The van der Waals surface area contributed by atoms with E-state index in [9.17, 15) is 9.59 Å². The zero-order valence-corrected chi connectivity index (χ0v) is 16.4. The molecule has 1 amide bonds. The highest BCUT2D eigenvalue weighted by atomic mass is 16.4. The SMILES string of the molecule is CCn1nccc1C(=O)N1CCC(N2CCN(C)CC2)C(CCC(=O)O)C1. The summed E-state index contributed by atoms with van der Waals surface area (Å²) in [4.78, 5) is 30.8. The Balaban J connectivity index is 1.70. The van der Waals surface area contributed by atoms with Crippen molar-refractivity contribution in [2.75, 3.05) is 46.3 Å². The number of piperazine rings is 1. The quantitative estimate of drug-likeness (QED) is 0.791. The number of hydrogen-bond donors (Lipinski definition) is 1. The Kier molecular flexibility index (Phi) is 6.49. The summed E-state index contributed by atoms with van der Waals surface area (Å²) >= 11 is 0. The Bertz CT molecular complexity index is 654. The molecular weight excluding hydrogens is 346 g/mol. The highest BCUT2D eigenvalue weighted by Gasteiger charge is 2.36. The molecule has 2 unspecified atom stereocenters. The zero-order valence-electron chi connectivity index (χ0n) is 16.4. The summed E-state index contributed by atoms with van der Waals surface area (Å²) in [6.07, 6.45) is 3.34. The largest absolute Gasteiger partial charge is 0.481 e. The number of aliphatic carboxylic acids is 1. The van der Waals surface area contributed by atoms with E-state index in [1.165, 1.54) is 0 Å². The van der Waals surface area contributed by atoms with Gasteiger partial charge < -0.3 is 14.9 Å². The molecule has 0 bridgehead atoms. The molecule has 150 valence electrons. The van der Waals surface area contributed by atoms with Gasteiger partial charge in [0.05, 0.1) is 0 Å². The van der Waals surface area contributed by atoms with E-state index in [2.05, 4.69) is 21.9 Å². The van der Waals surface area contributed by atoms with E-state index < -0.39 is 5.97 Å². The maximum atomic E-state index is 13.0. The van der Waals surface area contributed by atoms with Crippen molar-refractivity contribution in [1.29, 1.82) is 0 Å². The van der Waals surface area contributed by atoms with Crippen molar-refractivity contribution in [1.82, 2.24) is 24.5 Å². The fraction of sp³-hybridized carbons (Fsp3) is 0.737. The number of rotatable bonds is 6. The van der Waals surface area contributed by atoms with E-state index in [1.807, 2.05) is 11.8 Å². The van der Waals surface area contributed by atoms with E-state index in [0.29, 0.717) is 37.8 Å². The molecule has 1 N–H and O–H groups in total. The van der Waals surface area contributed by atoms with Crippen LogP contribution in [0.3, 0.4) is 0 Å². The molecule has 3 rings (SSSR count). The number of nitrogens with zero attached hydrogens (tertiary/aromatic N) is 5. The van der Waals surface area contributed by atoms with Crippen molar-refractivity contribution in [2.24, 2.45) is 5.92 Å². The van der Waals surface area contributed by atoms with Gasteiger partial charge in [-0.2, -0.15) is 5.10 Å². The van der Waals surface area contributed by atoms with Crippen molar-refractivity contribution in [3.8, 4) is 0 Å². The minimum absolute atomic E-state index is 0.00602. The van der Waals surface area contributed by atoms with Crippen molar-refractivity contribution in [3.63, 3.8) is 0 Å². The van der Waals surface area contributed by atoms with Crippen molar-refractivity contribution in [3.05, 3.63) is 18.0 Å². The summed E-state index contributed by atoms with van der Waals surface area (Å²) < 4.78 is 1.72. The fourth-order valence-electron chi connectivity index (χ4n) is 4.36. The van der Waals surface area contributed by atoms with E-state index in [-0.39, 0.29) is 18.2 Å². The van der Waals surface area contributed by atoms with E-state index >= 15 is 0 Å². The number of hydrogen-bond acceptors (Lipinski definition) is 5. The van der Waals surface area contributed by atoms with E-state index in [0.717, 1.165) is 32.6 Å². The lowest BCUT2D eigenvalue weighted by Gasteiger charge is -2.46. The van der Waals surface area contributed by atoms with Crippen molar-refractivity contribution >= 4 is 11.9 Å². The van der Waals surface area contributed by atoms with Crippen LogP contribution in [0.1, 0.15) is 36.7 Å². The lowest BCUT2D eigenvalue weighted by atomic mass is 9.86. The molecule has 0 aliphatic carbocycles. The first-order chi connectivity index (χ1) is 13.0. The molecule has 8 heteroatoms. The number of aromatic nitrogens is 2. The van der Waals surface area contributed by atoms with Gasteiger partial charge >= 0.3 is 5.97 Å². The van der Waals surface area contributed by atoms with Gasteiger partial charge in [-0.3, -0.25) is 19.2 Å². The standard InChI is InChI=1S/C19H31N5O3/c1-3-24-17(6-8-20-24)19(27)23-9-7-16(15(14-23)4-5-18(25)26)22-12-10-21(2)11-13-22/h6,8,15-16H,3-5,7,9-14H2,1-2H3,(H,25,26). The predicted octanol–water partition coefficient (Wildman–Crippen LogP) is 0.846. The maximum Gasteiger partial charge on any atom is 0.303 e. The summed E-state index contributed by atoms with van der Waals surface area (Å²) in [5.41, 5.74) is 0.618. The van der Waals surface area contributed by atoms with Gasteiger partial charge in [0.2, 0.25) is 0 Å². The molecule has 2 saturated heterocycles. The Morgan fingerprint density at radius 2 is 1.96 bits per heavy atom. The van der Waals surface area contributed by atoms with Crippen LogP contribution < -0.4 is 0 Å². The number of likely N-dealkylation sites (tertiary alicyclic amines) is 1. The third-order valence-electron chi connectivity index (χ3n) is 5.95. The van der Waals surface area contributed by atoms with Gasteiger partial charge in [0.15, 0.2) is 0 Å². The second-order valence-electron chi connectivity index (χ2n) is 7.67. The number of amides is 1. The van der Waals surface area contributed by atoms with Crippen LogP contribution in [-0.2, 0) is 11.3 Å². The minimum Gasteiger partial charge on any atom is -0.481 e. The molecule has 2 aliphatic rings. The number of carboxylic acids is 1. The first kappa shape index (κ1) is 19.8. The average Bonchev–Trinajstić information content (AvgIpc) is 3.15. The first-order valence-electron chi connectivity index (χ1n) is 9.95. The van der Waals surface area contributed by atoms with Crippen LogP contribution >= 0.6 is 0 Å². The van der Waals surface area contributed by atoms with Crippen LogP contribution in [0, 0.1) is 5.92 Å². The van der Waals surface area contributed by atoms with Crippen LogP contribution in [-0.4, -0.2) is 93.8 Å². The average molecular weight is 377 g/mol. The number of likely N-dealkylation sites (N-methyl/N-ethyl adjacent to an activating group) is 1. The molecule has 8 nitrogen and oxygen atoms in total. The number of carbonyl (C=O) groups is 2. The summed E-state index contributed by atoms with van der Waals surface area (Å²) in [6.45, 7) is 8.09. The Labute approximate surface area is 160 Å². The molecule has 27 heavy (non-hydrogen) atoms. The van der Waals surface area contributed by atoms with Gasteiger partial charge in [0.1, 0.15) is 5.69 Å². The van der Waals surface area contributed by atoms with Gasteiger partial charge in [-0.1, -0.05) is 0 Å². The second-order valence-corrected chi connectivity index (χ2v) is 7.67. The Morgan fingerprint density at radius 3 is 2.63 bits per heavy atom. The molecule has 0 aromatic carbocycles. The molecular formula is C19H31N5O3. The van der Waals surface area contributed by atoms with Gasteiger partial charge in [0, 0.05) is 64.5 Å². The van der Waals surface area contributed by atoms with Crippen LogP contribution in [0.15, 0.2) is 12.3 Å². The molecule has 0 saturated carbocycles. The highest BCUT2D eigenvalue weighted by Crippen LogP contribution is 2.28. The summed E-state index contributed by atoms with van der Waals surface area (Å²) in [5.74, 6) is -0.564. The monoisotopic (exact) mass is 377 g/mol. The maximum absolute atomic E-state index is 13.0. The molecule has 0 radical (unpaired) electrons. The first-order valence-corrected chi connectivity index (χ1v) is 9.95. The van der Waals surface area contributed by atoms with Crippen molar-refractivity contribution in [2.45, 2.75) is 38.8 Å².